The van der Waals surface area contributed by atoms with Crippen LogP contribution >= 0.6 is 0 Å². The molecule has 2 heterocycles. The fourth-order valence-corrected chi connectivity index (χ4v) is 4.10. The molecule has 1 aliphatic carbocycles. The molecule has 0 saturated carbocycles. The Balaban J connectivity index is 1.88. The van der Waals surface area contributed by atoms with E-state index in [2.05, 4.69) is 49.9 Å². The van der Waals surface area contributed by atoms with Gasteiger partial charge in [0.1, 0.15) is 0 Å². The highest BCUT2D eigenvalue weighted by Crippen LogP contribution is 2.59. The smallest absolute Gasteiger partial charge is 0.0958 e. The Kier molecular flexibility index (Phi) is 2.02. The Morgan fingerprint density at radius 2 is 2.05 bits per heavy atom. The molecule has 2 heteroatoms. The van der Waals surface area contributed by atoms with Crippen LogP contribution in [-0.2, 0) is 5.41 Å². The van der Waals surface area contributed by atoms with Crippen LogP contribution in [0, 0.1) is 6.92 Å². The summed E-state index contributed by atoms with van der Waals surface area (Å²) in [6.07, 6.45) is 5.12. The third-order valence-electron chi connectivity index (χ3n) is 5.35. The molecule has 0 amide bonds. The maximum absolute atomic E-state index is 5.47. The quantitative estimate of drug-likeness (QED) is 0.757. The van der Waals surface area contributed by atoms with Crippen molar-refractivity contribution in [2.24, 2.45) is 0 Å². The lowest BCUT2D eigenvalue weighted by molar-refractivity contribution is 0.440. The van der Waals surface area contributed by atoms with Crippen LogP contribution in [0.5, 0.6) is 0 Å². The van der Waals surface area contributed by atoms with Gasteiger partial charge in [-0.2, -0.15) is 0 Å². The first-order chi connectivity index (χ1) is 9.13. The van der Waals surface area contributed by atoms with Gasteiger partial charge >= 0.3 is 0 Å². The first-order valence-corrected chi connectivity index (χ1v) is 7.03. The Hall–Kier alpha value is -1.70. The molecule has 0 spiro atoms. The molecule has 2 nitrogen and oxygen atoms in total. The average Bonchev–Trinajstić information content (AvgIpc) is 3.02. The number of aryl methyl sites for hydroxylation is 1. The summed E-state index contributed by atoms with van der Waals surface area (Å²) in [7, 11) is 0. The molecule has 3 atom stereocenters. The first-order valence-electron chi connectivity index (χ1n) is 7.03. The number of fused-ring (bicyclic) bond motifs is 5. The molecule has 98 valence electrons. The van der Waals surface area contributed by atoms with Crippen LogP contribution in [0.4, 0.5) is 5.69 Å². The van der Waals surface area contributed by atoms with Gasteiger partial charge in [-0.25, -0.2) is 0 Å². The van der Waals surface area contributed by atoms with E-state index in [0.717, 1.165) is 0 Å². The molecule has 19 heavy (non-hydrogen) atoms. The molecule has 0 N–H and O–H groups in total. The van der Waals surface area contributed by atoms with Gasteiger partial charge in [-0.15, -0.1) is 0 Å². The van der Waals surface area contributed by atoms with Gasteiger partial charge in [0.25, 0.3) is 0 Å². The van der Waals surface area contributed by atoms with Gasteiger partial charge in [-0.3, -0.25) is 0 Å². The summed E-state index contributed by atoms with van der Waals surface area (Å²) in [5.41, 5.74) is 5.78. The van der Waals surface area contributed by atoms with Crippen molar-refractivity contribution in [3.05, 3.63) is 53.5 Å². The highest BCUT2D eigenvalue weighted by molar-refractivity contribution is 5.62. The van der Waals surface area contributed by atoms with Crippen LogP contribution in [0.2, 0.25) is 0 Å². The molecule has 0 radical (unpaired) electrons. The van der Waals surface area contributed by atoms with E-state index >= 15 is 0 Å². The Labute approximate surface area is 114 Å². The molecule has 2 bridgehead atoms. The van der Waals surface area contributed by atoms with E-state index in [1.54, 1.807) is 0 Å². The van der Waals surface area contributed by atoms with Crippen LogP contribution in [0.25, 0.3) is 0 Å². The summed E-state index contributed by atoms with van der Waals surface area (Å²) in [4.78, 5) is 2.59. The normalized spacial score (nSPS) is 31.8. The van der Waals surface area contributed by atoms with Gasteiger partial charge in [0, 0.05) is 28.3 Å². The largest absolute Gasteiger partial charge is 0.472 e. The molecule has 2 unspecified atom stereocenters. The standard InChI is InChI=1S/C17H19NO/c1-11-6-4-5-7-15(11)18-12(2)17(3)8-16(18)13-9-19-10-14(13)17/h4-7,9-10,12,16H,8H2,1-3H3/t12-,16?,17?/m0/s1. The number of benzene rings is 1. The van der Waals surface area contributed by atoms with E-state index in [1.165, 1.54) is 28.8 Å². The van der Waals surface area contributed by atoms with Crippen molar-refractivity contribution in [3.63, 3.8) is 0 Å². The second kappa shape index (κ2) is 3.44. The highest BCUT2D eigenvalue weighted by atomic mass is 16.3. The number of hydrogen-bond donors (Lipinski definition) is 0. The number of rotatable bonds is 1. The highest BCUT2D eigenvalue weighted by Gasteiger charge is 2.56. The predicted molar refractivity (Wildman–Crippen MR) is 76.5 cm³/mol. The van der Waals surface area contributed by atoms with E-state index in [0.29, 0.717) is 12.1 Å². The van der Waals surface area contributed by atoms with E-state index in [4.69, 9.17) is 4.42 Å². The van der Waals surface area contributed by atoms with E-state index in [1.807, 2.05) is 12.5 Å². The molecule has 2 aliphatic rings. The van der Waals surface area contributed by atoms with Gasteiger partial charge in [0.2, 0.25) is 0 Å². The minimum Gasteiger partial charge on any atom is -0.472 e. The Morgan fingerprint density at radius 1 is 1.26 bits per heavy atom. The molecule has 1 aliphatic heterocycles. The van der Waals surface area contributed by atoms with Crippen LogP contribution in [0.15, 0.2) is 41.2 Å². The summed E-state index contributed by atoms with van der Waals surface area (Å²) in [6, 6.07) is 9.70. The van der Waals surface area contributed by atoms with E-state index in [9.17, 15) is 0 Å². The number of anilines is 1. The van der Waals surface area contributed by atoms with Gasteiger partial charge in [-0.05, 0) is 31.9 Å². The molecule has 4 rings (SSSR count). The zero-order valence-corrected chi connectivity index (χ0v) is 11.7. The second-order valence-electron chi connectivity index (χ2n) is 6.25. The minimum atomic E-state index is 0.231. The number of furan rings is 1. The lowest BCUT2D eigenvalue weighted by Gasteiger charge is -2.39. The van der Waals surface area contributed by atoms with Crippen LogP contribution in [-0.4, -0.2) is 6.04 Å². The van der Waals surface area contributed by atoms with Gasteiger partial charge < -0.3 is 9.32 Å². The lowest BCUT2D eigenvalue weighted by atomic mass is 9.79. The summed E-state index contributed by atoms with van der Waals surface area (Å²) in [6.45, 7) is 6.93. The summed E-state index contributed by atoms with van der Waals surface area (Å²) in [5.74, 6) is 0. The minimum absolute atomic E-state index is 0.231. The third kappa shape index (κ3) is 1.22. The average molecular weight is 253 g/mol. The van der Waals surface area contributed by atoms with Gasteiger partial charge in [-0.1, -0.05) is 25.1 Å². The van der Waals surface area contributed by atoms with Gasteiger partial charge in [0.05, 0.1) is 18.6 Å². The maximum atomic E-state index is 5.47. The zero-order chi connectivity index (χ0) is 13.2. The van der Waals surface area contributed by atoms with Crippen LogP contribution in [0.3, 0.4) is 0 Å². The summed E-state index contributed by atoms with van der Waals surface area (Å²) in [5, 5.41) is 0. The molecule has 2 aromatic rings. The lowest BCUT2D eigenvalue weighted by Crippen LogP contribution is -2.42. The fraction of sp³-hybridized carbons (Fsp3) is 0.412. The molecule has 1 aromatic carbocycles. The Bertz CT molecular complexity index is 644. The summed E-state index contributed by atoms with van der Waals surface area (Å²) < 4.78 is 5.47. The van der Waals surface area contributed by atoms with Crippen molar-refractivity contribution in [1.82, 2.24) is 0 Å². The van der Waals surface area contributed by atoms with Crippen molar-refractivity contribution in [2.45, 2.75) is 44.7 Å². The van der Waals surface area contributed by atoms with Crippen molar-refractivity contribution in [1.29, 1.82) is 0 Å². The second-order valence-corrected chi connectivity index (χ2v) is 6.25. The third-order valence-corrected chi connectivity index (χ3v) is 5.35. The zero-order valence-electron chi connectivity index (χ0n) is 11.7. The Morgan fingerprint density at radius 3 is 2.84 bits per heavy atom. The monoisotopic (exact) mass is 253 g/mol. The SMILES string of the molecule is Cc1ccccc1N1C2CC(C)(c3cocc32)[C@@H]1C. The number of para-hydroxylation sites is 1. The molecular formula is C17H19NO. The first kappa shape index (κ1) is 11.2. The van der Waals surface area contributed by atoms with Crippen molar-refractivity contribution in [3.8, 4) is 0 Å². The molecule has 1 saturated heterocycles. The molecule has 1 fully saturated rings. The molecular weight excluding hydrogens is 234 g/mol. The topological polar surface area (TPSA) is 16.4 Å². The van der Waals surface area contributed by atoms with Gasteiger partial charge in [0.15, 0.2) is 0 Å². The van der Waals surface area contributed by atoms with Crippen molar-refractivity contribution >= 4 is 5.69 Å². The molecule has 1 aromatic heterocycles. The number of hydrogen-bond acceptors (Lipinski definition) is 2. The van der Waals surface area contributed by atoms with E-state index < -0.39 is 0 Å². The van der Waals surface area contributed by atoms with Crippen molar-refractivity contribution < 1.29 is 4.42 Å². The number of nitrogens with zero attached hydrogens (tertiary/aromatic N) is 1. The fourth-order valence-electron chi connectivity index (χ4n) is 4.10. The predicted octanol–water partition coefficient (Wildman–Crippen LogP) is 4.20. The summed E-state index contributed by atoms with van der Waals surface area (Å²) >= 11 is 0. The van der Waals surface area contributed by atoms with Crippen LogP contribution in [0.1, 0.15) is 43.0 Å². The van der Waals surface area contributed by atoms with E-state index in [-0.39, 0.29) is 5.41 Å². The van der Waals surface area contributed by atoms with Crippen LogP contribution < -0.4 is 4.90 Å². The van der Waals surface area contributed by atoms with Crippen molar-refractivity contribution in [2.75, 3.05) is 4.90 Å². The maximum Gasteiger partial charge on any atom is 0.0958 e.